The SMILES string of the molecule is COc1ccccc1Oc1cc(NC(=O)C(C)n2ccc(C(=O)O)n2)cc([N+](=O)[O-])c1. The largest absolute Gasteiger partial charge is 0.493 e. The average Bonchev–Trinajstić information content (AvgIpc) is 3.24. The number of aromatic nitrogens is 2. The highest BCUT2D eigenvalue weighted by Crippen LogP contribution is 2.34. The third kappa shape index (κ3) is 4.96. The lowest BCUT2D eigenvalue weighted by molar-refractivity contribution is -0.384. The van der Waals surface area contributed by atoms with Crippen molar-refractivity contribution >= 4 is 23.3 Å². The molecule has 1 amide bonds. The second kappa shape index (κ2) is 8.95. The van der Waals surface area contributed by atoms with E-state index in [1.165, 1.54) is 49.2 Å². The van der Waals surface area contributed by atoms with Crippen LogP contribution in [0.15, 0.2) is 54.7 Å². The number of aromatic carboxylic acids is 1. The minimum atomic E-state index is -1.22. The van der Waals surface area contributed by atoms with E-state index in [1.54, 1.807) is 24.3 Å². The number of carbonyl (C=O) groups is 2. The number of carboxylic acid groups (broad SMARTS) is 1. The van der Waals surface area contributed by atoms with E-state index < -0.39 is 22.8 Å². The molecule has 0 aliphatic carbocycles. The second-order valence-corrected chi connectivity index (χ2v) is 6.38. The zero-order valence-corrected chi connectivity index (χ0v) is 16.5. The summed E-state index contributed by atoms with van der Waals surface area (Å²) in [6, 6.07) is 11.0. The molecule has 0 spiro atoms. The van der Waals surface area contributed by atoms with Crippen LogP contribution in [-0.4, -0.2) is 38.8 Å². The highest BCUT2D eigenvalue weighted by atomic mass is 16.6. The third-order valence-corrected chi connectivity index (χ3v) is 4.27. The highest BCUT2D eigenvalue weighted by Gasteiger charge is 2.20. The van der Waals surface area contributed by atoms with E-state index in [-0.39, 0.29) is 22.8 Å². The lowest BCUT2D eigenvalue weighted by Gasteiger charge is -2.14. The van der Waals surface area contributed by atoms with Crippen molar-refractivity contribution in [3.63, 3.8) is 0 Å². The smallest absolute Gasteiger partial charge is 0.356 e. The molecule has 1 aromatic heterocycles. The van der Waals surface area contributed by atoms with Crippen LogP contribution in [-0.2, 0) is 4.79 Å². The Hall–Kier alpha value is -4.41. The van der Waals surface area contributed by atoms with Crippen LogP contribution in [0.4, 0.5) is 11.4 Å². The Bertz CT molecular complexity index is 1140. The van der Waals surface area contributed by atoms with Crippen molar-refractivity contribution < 1.29 is 29.1 Å². The molecule has 0 fully saturated rings. The predicted octanol–water partition coefficient (Wildman–Crippen LogP) is 3.49. The molecule has 2 aromatic carbocycles. The summed E-state index contributed by atoms with van der Waals surface area (Å²) in [5.41, 5.74) is -0.369. The van der Waals surface area contributed by atoms with Gasteiger partial charge in [-0.2, -0.15) is 5.10 Å². The monoisotopic (exact) mass is 426 g/mol. The Kier molecular flexibility index (Phi) is 6.15. The van der Waals surface area contributed by atoms with Gasteiger partial charge < -0.3 is 19.9 Å². The van der Waals surface area contributed by atoms with Gasteiger partial charge in [-0.15, -0.1) is 0 Å². The molecule has 3 rings (SSSR count). The van der Waals surface area contributed by atoms with Crippen LogP contribution in [0.25, 0.3) is 0 Å². The molecule has 0 aliphatic heterocycles. The molecule has 0 saturated heterocycles. The molecule has 31 heavy (non-hydrogen) atoms. The van der Waals surface area contributed by atoms with Crippen LogP contribution in [0.5, 0.6) is 17.2 Å². The van der Waals surface area contributed by atoms with Gasteiger partial charge in [-0.05, 0) is 25.1 Å². The van der Waals surface area contributed by atoms with Crippen molar-refractivity contribution in [3.05, 3.63) is 70.5 Å². The van der Waals surface area contributed by atoms with Crippen molar-refractivity contribution in [2.45, 2.75) is 13.0 Å². The Balaban J connectivity index is 1.85. The fourth-order valence-corrected chi connectivity index (χ4v) is 2.68. The average molecular weight is 426 g/mol. The molecule has 2 N–H and O–H groups in total. The number of non-ortho nitro benzene ring substituents is 1. The molecule has 0 radical (unpaired) electrons. The van der Waals surface area contributed by atoms with Gasteiger partial charge in [-0.3, -0.25) is 19.6 Å². The molecule has 11 heteroatoms. The summed E-state index contributed by atoms with van der Waals surface area (Å²) in [5, 5.41) is 26.7. The van der Waals surface area contributed by atoms with E-state index in [1.807, 2.05) is 0 Å². The minimum Gasteiger partial charge on any atom is -0.493 e. The number of anilines is 1. The van der Waals surface area contributed by atoms with E-state index in [2.05, 4.69) is 10.4 Å². The van der Waals surface area contributed by atoms with Gasteiger partial charge in [0.25, 0.3) is 5.69 Å². The van der Waals surface area contributed by atoms with Crippen molar-refractivity contribution in [2.24, 2.45) is 0 Å². The number of rotatable bonds is 8. The quantitative estimate of drug-likeness (QED) is 0.411. The Morgan fingerprint density at radius 3 is 2.52 bits per heavy atom. The number of nitro benzene ring substituents is 1. The van der Waals surface area contributed by atoms with Gasteiger partial charge in [-0.1, -0.05) is 12.1 Å². The molecule has 11 nitrogen and oxygen atoms in total. The first-order valence-corrected chi connectivity index (χ1v) is 8.98. The maximum atomic E-state index is 12.6. The summed E-state index contributed by atoms with van der Waals surface area (Å²) < 4.78 is 12.1. The zero-order chi connectivity index (χ0) is 22.5. The molecule has 1 heterocycles. The van der Waals surface area contributed by atoms with Gasteiger partial charge in [0, 0.05) is 18.3 Å². The van der Waals surface area contributed by atoms with E-state index >= 15 is 0 Å². The number of ether oxygens (including phenoxy) is 2. The van der Waals surface area contributed by atoms with Crippen LogP contribution < -0.4 is 14.8 Å². The number of hydrogen-bond acceptors (Lipinski definition) is 7. The molecule has 0 bridgehead atoms. The Morgan fingerprint density at radius 2 is 1.90 bits per heavy atom. The fraction of sp³-hybridized carbons (Fsp3) is 0.150. The number of carboxylic acids is 1. The topological polar surface area (TPSA) is 146 Å². The molecule has 1 unspecified atom stereocenters. The molecule has 1 atom stereocenters. The number of carbonyl (C=O) groups excluding carboxylic acids is 1. The summed E-state index contributed by atoms with van der Waals surface area (Å²) in [7, 11) is 1.47. The number of para-hydroxylation sites is 2. The standard InChI is InChI=1S/C20H18N4O7/c1-12(23-8-7-16(22-23)20(26)27)19(25)21-13-9-14(24(28)29)11-15(10-13)31-18-6-4-3-5-17(18)30-2/h3-12H,1-2H3,(H,21,25)(H,26,27). The fourth-order valence-electron chi connectivity index (χ4n) is 2.68. The Labute approximate surface area is 176 Å². The zero-order valence-electron chi connectivity index (χ0n) is 16.5. The van der Waals surface area contributed by atoms with Crippen LogP contribution in [0, 0.1) is 10.1 Å². The molecule has 0 aliphatic rings. The maximum absolute atomic E-state index is 12.6. The first-order chi connectivity index (χ1) is 14.8. The number of amides is 1. The summed E-state index contributed by atoms with van der Waals surface area (Å²) in [4.78, 5) is 34.3. The van der Waals surface area contributed by atoms with Gasteiger partial charge in [0.05, 0.1) is 23.8 Å². The van der Waals surface area contributed by atoms with E-state index in [0.29, 0.717) is 11.5 Å². The Morgan fingerprint density at radius 1 is 1.19 bits per heavy atom. The number of hydrogen-bond donors (Lipinski definition) is 2. The van der Waals surface area contributed by atoms with Crippen LogP contribution in [0.3, 0.4) is 0 Å². The molecule has 3 aromatic rings. The molecular weight excluding hydrogens is 408 g/mol. The number of benzene rings is 2. The van der Waals surface area contributed by atoms with Crippen LogP contribution in [0.1, 0.15) is 23.5 Å². The third-order valence-electron chi connectivity index (χ3n) is 4.27. The molecule has 160 valence electrons. The summed E-state index contributed by atoms with van der Waals surface area (Å²) in [6.07, 6.45) is 1.36. The van der Waals surface area contributed by atoms with Gasteiger partial charge in [0.2, 0.25) is 5.91 Å². The first-order valence-electron chi connectivity index (χ1n) is 8.98. The van der Waals surface area contributed by atoms with Crippen molar-refractivity contribution in [1.29, 1.82) is 0 Å². The summed E-state index contributed by atoms with van der Waals surface area (Å²) >= 11 is 0. The number of methoxy groups -OCH3 is 1. The van der Waals surface area contributed by atoms with Gasteiger partial charge >= 0.3 is 5.97 Å². The minimum absolute atomic E-state index is 0.119. The van der Waals surface area contributed by atoms with Crippen LogP contribution >= 0.6 is 0 Å². The number of nitro groups is 1. The van der Waals surface area contributed by atoms with Gasteiger partial charge in [0.1, 0.15) is 11.8 Å². The van der Waals surface area contributed by atoms with E-state index in [9.17, 15) is 19.7 Å². The number of nitrogens with zero attached hydrogens (tertiary/aromatic N) is 3. The molecular formula is C20H18N4O7. The first kappa shape index (κ1) is 21.3. The van der Waals surface area contributed by atoms with E-state index in [4.69, 9.17) is 14.6 Å². The predicted molar refractivity (Wildman–Crippen MR) is 109 cm³/mol. The molecule has 0 saturated carbocycles. The van der Waals surface area contributed by atoms with Crippen molar-refractivity contribution in [3.8, 4) is 17.2 Å². The van der Waals surface area contributed by atoms with Gasteiger partial charge in [0.15, 0.2) is 17.2 Å². The van der Waals surface area contributed by atoms with Crippen molar-refractivity contribution in [1.82, 2.24) is 9.78 Å². The second-order valence-electron chi connectivity index (χ2n) is 6.38. The van der Waals surface area contributed by atoms with Crippen molar-refractivity contribution in [2.75, 3.05) is 12.4 Å². The van der Waals surface area contributed by atoms with Gasteiger partial charge in [-0.25, -0.2) is 4.79 Å². The lowest BCUT2D eigenvalue weighted by Crippen LogP contribution is -2.24. The van der Waals surface area contributed by atoms with E-state index in [0.717, 1.165) is 0 Å². The highest BCUT2D eigenvalue weighted by molar-refractivity contribution is 5.94. The maximum Gasteiger partial charge on any atom is 0.356 e. The summed E-state index contributed by atoms with van der Waals surface area (Å²) in [6.45, 7) is 1.51. The normalized spacial score (nSPS) is 11.4. The summed E-state index contributed by atoms with van der Waals surface area (Å²) in [5.74, 6) is -0.879. The number of nitrogens with one attached hydrogen (secondary N) is 1. The lowest BCUT2D eigenvalue weighted by atomic mass is 10.2. The van der Waals surface area contributed by atoms with Crippen LogP contribution in [0.2, 0.25) is 0 Å².